The van der Waals surface area contributed by atoms with Crippen molar-refractivity contribution in [3.05, 3.63) is 36.4 Å². The fourth-order valence-electron chi connectivity index (χ4n) is 0.705. The van der Waals surface area contributed by atoms with Crippen molar-refractivity contribution in [2.75, 3.05) is 0 Å². The Morgan fingerprint density at radius 2 is 2.33 bits per heavy atom. The average Bonchev–Trinajstić information content (AvgIpc) is 2.39. The zero-order valence-electron chi connectivity index (χ0n) is 9.58. The minimum atomic E-state index is -0.204. The molecule has 0 saturated carbocycles. The monoisotopic (exact) mass is 122 g/mol. The number of fused-ring (bicyclic) bond motifs is 1. The van der Waals surface area contributed by atoms with Gasteiger partial charge >= 0.3 is 0 Å². The fourth-order valence-corrected chi connectivity index (χ4v) is 0.705. The summed E-state index contributed by atoms with van der Waals surface area (Å²) in [6.07, 6.45) is -0.0847. The van der Waals surface area contributed by atoms with Crippen LogP contribution in [0.1, 0.15) is 6.85 Å². The lowest BCUT2D eigenvalue weighted by atomic mass is 10.3. The molecule has 2 aromatic rings. The summed E-state index contributed by atoms with van der Waals surface area (Å²) in [4.78, 5) is 2.59. The molecule has 0 bridgehead atoms. The van der Waals surface area contributed by atoms with Gasteiger partial charge in [0, 0.05) is 11.7 Å². The van der Waals surface area contributed by atoms with Gasteiger partial charge in [-0.15, -0.1) is 0 Å². The molecular formula is C8H7N. The summed E-state index contributed by atoms with van der Waals surface area (Å²) in [5.74, 6) is 0. The molecule has 1 aromatic carbocycles. The fraction of sp³-hybridized carbons (Fsp3) is 0. The second-order valence-electron chi connectivity index (χ2n) is 1.70. The summed E-state index contributed by atoms with van der Waals surface area (Å²) < 4.78 is 37.2. The van der Waals surface area contributed by atoms with Crippen LogP contribution >= 0.6 is 0 Å². The van der Waals surface area contributed by atoms with Crippen molar-refractivity contribution in [1.82, 2.24) is 4.98 Å². The largest absolute Gasteiger partial charge is 0.361 e. The Morgan fingerprint density at radius 1 is 1.33 bits per heavy atom. The van der Waals surface area contributed by atoms with Crippen molar-refractivity contribution < 1.29 is 6.85 Å². The molecule has 0 radical (unpaired) electrons. The van der Waals surface area contributed by atoms with E-state index in [1.807, 2.05) is 0 Å². The number of aromatic nitrogens is 1. The Bertz CT molecular complexity index is 516. The first-order valence-corrected chi connectivity index (χ1v) is 2.58. The molecule has 0 aliphatic carbocycles. The molecule has 0 fully saturated rings. The smallest absolute Gasteiger partial charge is 0.0816 e. The van der Waals surface area contributed by atoms with Gasteiger partial charge in [0.05, 0.1) is 6.85 Å². The van der Waals surface area contributed by atoms with E-state index in [0.717, 1.165) is 0 Å². The van der Waals surface area contributed by atoms with Crippen molar-refractivity contribution in [3.8, 4) is 0 Å². The van der Waals surface area contributed by atoms with Crippen LogP contribution in [0.5, 0.6) is 0 Å². The lowest BCUT2D eigenvalue weighted by molar-refractivity contribution is 1.48. The van der Waals surface area contributed by atoms with Gasteiger partial charge in [-0.3, -0.25) is 0 Å². The standard InChI is InChI=1S/C8H7N/c1-2-4-8-7(3-1)5-6-9-8/h1-6,9H/i1D,2D,3D,5D,6D. The van der Waals surface area contributed by atoms with Crippen LogP contribution in [-0.2, 0) is 0 Å². The van der Waals surface area contributed by atoms with Crippen LogP contribution < -0.4 is 0 Å². The molecule has 1 N–H and O–H groups in total. The lowest BCUT2D eigenvalue weighted by Crippen LogP contribution is -1.61. The highest BCUT2D eigenvalue weighted by molar-refractivity contribution is 5.78. The van der Waals surface area contributed by atoms with Gasteiger partial charge in [0.1, 0.15) is 0 Å². The van der Waals surface area contributed by atoms with Crippen molar-refractivity contribution in [1.29, 1.82) is 0 Å². The van der Waals surface area contributed by atoms with Gasteiger partial charge in [-0.25, -0.2) is 0 Å². The summed E-state index contributed by atoms with van der Waals surface area (Å²) in [6, 6.07) is 0.853. The minimum absolute atomic E-state index is 0.0660. The Morgan fingerprint density at radius 3 is 3.33 bits per heavy atom. The van der Waals surface area contributed by atoms with Gasteiger partial charge in [0.2, 0.25) is 0 Å². The molecule has 1 heterocycles. The number of rotatable bonds is 0. The van der Waals surface area contributed by atoms with Gasteiger partial charge in [-0.05, 0) is 17.5 Å². The van der Waals surface area contributed by atoms with Crippen molar-refractivity contribution in [2.45, 2.75) is 0 Å². The molecule has 9 heavy (non-hydrogen) atoms. The minimum Gasteiger partial charge on any atom is -0.361 e. The topological polar surface area (TPSA) is 15.8 Å². The number of H-pyrrole nitrogens is 1. The second-order valence-corrected chi connectivity index (χ2v) is 1.70. The first-order chi connectivity index (χ1) is 6.52. The predicted octanol–water partition coefficient (Wildman–Crippen LogP) is 2.17. The van der Waals surface area contributed by atoms with E-state index in [2.05, 4.69) is 4.98 Å². The molecule has 44 valence electrons. The molecule has 0 unspecified atom stereocenters. The van der Waals surface area contributed by atoms with E-state index in [4.69, 9.17) is 6.85 Å². The zero-order valence-corrected chi connectivity index (χ0v) is 4.58. The summed E-state index contributed by atoms with van der Waals surface area (Å²) in [5, 5.41) is 0.246. The Kier molecular flexibility index (Phi) is 0.337. The first-order valence-electron chi connectivity index (χ1n) is 5.08. The molecule has 0 spiro atoms. The number of hydrogen-bond donors (Lipinski definition) is 1. The Balaban J connectivity index is 2.99. The molecule has 0 aliphatic rings. The number of nitrogens with one attached hydrogen (secondary N) is 1. The van der Waals surface area contributed by atoms with E-state index in [9.17, 15) is 0 Å². The van der Waals surface area contributed by atoms with Crippen LogP contribution in [0.25, 0.3) is 10.9 Å². The molecule has 1 heteroatoms. The molecule has 1 aromatic heterocycles. The summed E-state index contributed by atoms with van der Waals surface area (Å²) in [7, 11) is 0. The zero-order chi connectivity index (χ0) is 10.5. The van der Waals surface area contributed by atoms with Crippen LogP contribution in [0.2, 0.25) is 0 Å². The summed E-state index contributed by atoms with van der Waals surface area (Å²) >= 11 is 0. The van der Waals surface area contributed by atoms with Crippen molar-refractivity contribution in [2.24, 2.45) is 0 Å². The highest BCUT2D eigenvalue weighted by Gasteiger charge is 1.86. The third-order valence-electron chi connectivity index (χ3n) is 1.13. The third kappa shape index (κ3) is 0.617. The van der Waals surface area contributed by atoms with Gasteiger partial charge < -0.3 is 4.98 Å². The number of hydrogen-bond acceptors (Lipinski definition) is 0. The normalized spacial score (nSPS) is 18.0. The number of aromatic amines is 1. The SMILES string of the molecule is [2H]c1cc2[nH]c([2H])c([2H])c2c([2H])c1[2H]. The summed E-state index contributed by atoms with van der Waals surface area (Å²) in [5.41, 5.74) is 0.408. The van der Waals surface area contributed by atoms with Gasteiger partial charge in [0.15, 0.2) is 0 Å². The molecule has 2 rings (SSSR count). The van der Waals surface area contributed by atoms with Crippen molar-refractivity contribution in [3.63, 3.8) is 0 Å². The number of benzene rings is 1. The first kappa shape index (κ1) is 1.87. The van der Waals surface area contributed by atoms with E-state index in [0.29, 0.717) is 5.52 Å². The molecule has 1 nitrogen and oxygen atoms in total. The second kappa shape index (κ2) is 1.62. The number of para-hydroxylation sites is 1. The maximum absolute atomic E-state index is 7.55. The molecular weight excluding hydrogens is 110 g/mol. The molecule has 0 saturated heterocycles. The molecule has 0 aliphatic heterocycles. The Hall–Kier alpha value is -1.24. The van der Waals surface area contributed by atoms with E-state index in [1.165, 1.54) is 6.07 Å². The average molecular weight is 122 g/mol. The highest BCUT2D eigenvalue weighted by atomic mass is 14.6. The van der Waals surface area contributed by atoms with E-state index in [1.54, 1.807) is 0 Å². The van der Waals surface area contributed by atoms with Crippen molar-refractivity contribution >= 4 is 10.9 Å². The van der Waals surface area contributed by atoms with E-state index < -0.39 is 0 Å². The van der Waals surface area contributed by atoms with Gasteiger partial charge in [0.25, 0.3) is 0 Å². The maximum atomic E-state index is 7.55. The van der Waals surface area contributed by atoms with Gasteiger partial charge in [-0.2, -0.15) is 0 Å². The van der Waals surface area contributed by atoms with E-state index in [-0.39, 0.29) is 35.7 Å². The summed E-state index contributed by atoms with van der Waals surface area (Å²) in [6.45, 7) is 0. The van der Waals surface area contributed by atoms with Crippen LogP contribution in [-0.4, -0.2) is 4.98 Å². The van der Waals surface area contributed by atoms with Gasteiger partial charge in [-0.1, -0.05) is 18.1 Å². The third-order valence-corrected chi connectivity index (χ3v) is 1.13. The Labute approximate surface area is 60.3 Å². The maximum Gasteiger partial charge on any atom is 0.0816 e. The van der Waals surface area contributed by atoms with Crippen LogP contribution in [0.15, 0.2) is 36.4 Å². The highest BCUT2D eigenvalue weighted by Crippen LogP contribution is 2.09. The van der Waals surface area contributed by atoms with Crippen LogP contribution in [0.3, 0.4) is 0 Å². The molecule has 0 amide bonds. The van der Waals surface area contributed by atoms with Crippen LogP contribution in [0, 0.1) is 0 Å². The van der Waals surface area contributed by atoms with Crippen LogP contribution in [0.4, 0.5) is 0 Å². The predicted molar refractivity (Wildman–Crippen MR) is 38.3 cm³/mol. The molecule has 0 atom stereocenters. The lowest BCUT2D eigenvalue weighted by Gasteiger charge is -1.83. The quantitative estimate of drug-likeness (QED) is 0.551. The van der Waals surface area contributed by atoms with E-state index >= 15 is 0 Å².